The maximum atomic E-state index is 13.4. The monoisotopic (exact) mass is 481 g/mol. The zero-order valence-corrected chi connectivity index (χ0v) is 22.2. The molecule has 4 nitrogen and oxygen atoms in total. The highest BCUT2D eigenvalue weighted by Gasteiger charge is 2.55. The fourth-order valence-electron chi connectivity index (χ4n) is 6.01. The first kappa shape index (κ1) is 23.1. The second kappa shape index (κ2) is 7.61. The Morgan fingerprint density at radius 2 is 1.53 bits per heavy atom. The first-order valence-electron chi connectivity index (χ1n) is 13.1. The van der Waals surface area contributed by atoms with Crippen molar-refractivity contribution in [2.75, 3.05) is 18.0 Å². The molecule has 1 spiro atoms. The van der Waals surface area contributed by atoms with E-state index in [2.05, 4.69) is 76.8 Å². The molecular formula is C32H35NO3. The summed E-state index contributed by atoms with van der Waals surface area (Å²) in [5.41, 5.74) is 5.58. The van der Waals surface area contributed by atoms with E-state index in [4.69, 9.17) is 9.47 Å². The van der Waals surface area contributed by atoms with Gasteiger partial charge in [-0.15, -0.1) is 0 Å². The molecule has 6 rings (SSSR count). The summed E-state index contributed by atoms with van der Waals surface area (Å²) in [6.07, 6.45) is 2.41. The van der Waals surface area contributed by atoms with Gasteiger partial charge in [-0.25, -0.2) is 4.79 Å². The molecule has 3 heterocycles. The average Bonchev–Trinajstić information content (AvgIpc) is 3.45. The van der Waals surface area contributed by atoms with Crippen molar-refractivity contribution in [1.29, 1.82) is 0 Å². The Morgan fingerprint density at radius 1 is 0.806 bits per heavy atom. The van der Waals surface area contributed by atoms with E-state index in [1.165, 1.54) is 24.1 Å². The van der Waals surface area contributed by atoms with Gasteiger partial charge in [-0.2, -0.15) is 0 Å². The number of benzene rings is 3. The van der Waals surface area contributed by atoms with Gasteiger partial charge in [0.05, 0.1) is 11.1 Å². The molecule has 0 radical (unpaired) electrons. The van der Waals surface area contributed by atoms with Gasteiger partial charge in [-0.3, -0.25) is 0 Å². The van der Waals surface area contributed by atoms with Gasteiger partial charge in [0.1, 0.15) is 11.5 Å². The molecule has 0 aliphatic carbocycles. The summed E-state index contributed by atoms with van der Waals surface area (Å²) in [5.74, 6) is 1.25. The molecular weight excluding hydrogens is 446 g/mol. The minimum atomic E-state index is -1.05. The van der Waals surface area contributed by atoms with Crippen LogP contribution in [-0.4, -0.2) is 19.1 Å². The molecule has 3 aromatic carbocycles. The Hall–Kier alpha value is -3.27. The normalized spacial score (nSPS) is 20.6. The maximum absolute atomic E-state index is 13.4. The van der Waals surface area contributed by atoms with E-state index in [0.717, 1.165) is 46.8 Å². The molecule has 3 aliphatic rings. The second-order valence-electron chi connectivity index (χ2n) is 12.5. The van der Waals surface area contributed by atoms with Gasteiger partial charge in [-0.1, -0.05) is 65.8 Å². The highest BCUT2D eigenvalue weighted by molar-refractivity contribution is 5.97. The number of hydrogen-bond donors (Lipinski definition) is 0. The van der Waals surface area contributed by atoms with E-state index in [1.807, 2.05) is 24.3 Å². The van der Waals surface area contributed by atoms with Crippen LogP contribution in [0, 0.1) is 0 Å². The molecule has 1 unspecified atom stereocenters. The van der Waals surface area contributed by atoms with Crippen LogP contribution in [0.15, 0.2) is 54.6 Å². The highest BCUT2D eigenvalue weighted by Crippen LogP contribution is 2.59. The zero-order valence-electron chi connectivity index (χ0n) is 22.2. The summed E-state index contributed by atoms with van der Waals surface area (Å²) in [6.45, 7) is 15.4. The first-order valence-corrected chi connectivity index (χ1v) is 13.1. The van der Waals surface area contributed by atoms with Gasteiger partial charge in [0.25, 0.3) is 0 Å². The van der Waals surface area contributed by atoms with Crippen LogP contribution in [0.3, 0.4) is 0 Å². The van der Waals surface area contributed by atoms with Crippen LogP contribution in [0.4, 0.5) is 5.69 Å². The van der Waals surface area contributed by atoms with E-state index in [9.17, 15) is 4.79 Å². The number of carbonyl (C=O) groups is 1. The van der Waals surface area contributed by atoms with Crippen molar-refractivity contribution in [3.63, 3.8) is 0 Å². The molecule has 0 N–H and O–H groups in total. The number of hydrogen-bond acceptors (Lipinski definition) is 4. The summed E-state index contributed by atoms with van der Waals surface area (Å²) in [4.78, 5) is 15.8. The molecule has 0 amide bonds. The van der Waals surface area contributed by atoms with Gasteiger partial charge < -0.3 is 14.4 Å². The highest BCUT2D eigenvalue weighted by atomic mass is 16.6. The summed E-state index contributed by atoms with van der Waals surface area (Å²) < 4.78 is 13.2. The topological polar surface area (TPSA) is 38.8 Å². The number of carbonyl (C=O) groups excluding carboxylic acids is 1. The fraction of sp³-hybridized carbons (Fsp3) is 0.406. The molecule has 0 bridgehead atoms. The number of esters is 1. The standard InChI is InChI=1S/C32H35NO3/c1-30(2,3)20-13-14-26-24(17-20)32(23-12-8-7-11-22(23)29(34)36-32)28-25(31(4,5)6)18-21(19-27(28)35-26)33-15-9-10-16-33/h7-8,11-14,17-19H,9-10,15-16H2,1-6H3. The van der Waals surface area contributed by atoms with Gasteiger partial charge in [0, 0.05) is 36.0 Å². The number of anilines is 1. The number of ether oxygens (including phenoxy) is 2. The van der Waals surface area contributed by atoms with Crippen molar-refractivity contribution >= 4 is 11.7 Å². The SMILES string of the molecule is CC(C)(C)c1ccc2c(c1)C1(OC(=O)c3ccccc31)c1c(cc(N3CCCC3)cc1C(C)(C)C)O2. The molecule has 1 atom stereocenters. The van der Waals surface area contributed by atoms with E-state index in [0.29, 0.717) is 5.56 Å². The van der Waals surface area contributed by atoms with Crippen molar-refractivity contribution < 1.29 is 14.3 Å². The lowest BCUT2D eigenvalue weighted by Crippen LogP contribution is -2.37. The maximum Gasteiger partial charge on any atom is 0.340 e. The average molecular weight is 482 g/mol. The lowest BCUT2D eigenvalue weighted by atomic mass is 9.70. The van der Waals surface area contributed by atoms with Crippen molar-refractivity contribution in [2.45, 2.75) is 70.8 Å². The molecule has 0 saturated carbocycles. The summed E-state index contributed by atoms with van der Waals surface area (Å²) in [6, 6.07) is 18.7. The zero-order chi connectivity index (χ0) is 25.5. The Kier molecular flexibility index (Phi) is 4.90. The molecule has 4 heteroatoms. The quantitative estimate of drug-likeness (QED) is 0.338. The van der Waals surface area contributed by atoms with Crippen molar-refractivity contribution in [3.8, 4) is 11.5 Å². The van der Waals surface area contributed by atoms with Gasteiger partial charge in [0.2, 0.25) is 0 Å². The lowest BCUT2D eigenvalue weighted by Gasteiger charge is -2.41. The van der Waals surface area contributed by atoms with E-state index in [1.54, 1.807) is 0 Å². The van der Waals surface area contributed by atoms with Gasteiger partial charge >= 0.3 is 5.97 Å². The van der Waals surface area contributed by atoms with Gasteiger partial charge in [-0.05, 0) is 59.1 Å². The Balaban J connectivity index is 1.72. The van der Waals surface area contributed by atoms with E-state index < -0.39 is 5.60 Å². The first-order chi connectivity index (χ1) is 17.0. The Bertz CT molecular complexity index is 1390. The third kappa shape index (κ3) is 3.30. The molecule has 1 saturated heterocycles. The van der Waals surface area contributed by atoms with Crippen molar-refractivity contribution in [2.24, 2.45) is 0 Å². The number of rotatable bonds is 1. The minimum absolute atomic E-state index is 0.0644. The molecule has 1 fully saturated rings. The van der Waals surface area contributed by atoms with Gasteiger partial charge in [0.15, 0.2) is 5.60 Å². The number of nitrogens with zero attached hydrogens (tertiary/aromatic N) is 1. The lowest BCUT2D eigenvalue weighted by molar-refractivity contribution is 0.0218. The largest absolute Gasteiger partial charge is 0.456 e. The third-order valence-electron chi connectivity index (χ3n) is 7.94. The number of fused-ring (bicyclic) bond motifs is 6. The Labute approximate surface area is 214 Å². The van der Waals surface area contributed by atoms with Crippen LogP contribution in [0.25, 0.3) is 0 Å². The summed E-state index contributed by atoms with van der Waals surface area (Å²) >= 11 is 0. The van der Waals surface area contributed by atoms with Crippen molar-refractivity contribution in [1.82, 2.24) is 0 Å². The smallest absolute Gasteiger partial charge is 0.340 e. The molecule has 36 heavy (non-hydrogen) atoms. The predicted molar refractivity (Wildman–Crippen MR) is 144 cm³/mol. The van der Waals surface area contributed by atoms with Crippen molar-refractivity contribution in [3.05, 3.63) is 88.0 Å². The molecule has 186 valence electrons. The van der Waals surface area contributed by atoms with Crippen LogP contribution in [0.5, 0.6) is 11.5 Å². The Morgan fingerprint density at radius 3 is 2.22 bits per heavy atom. The van der Waals surface area contributed by atoms with E-state index >= 15 is 0 Å². The second-order valence-corrected chi connectivity index (χ2v) is 12.5. The predicted octanol–water partition coefficient (Wildman–Crippen LogP) is 7.45. The third-order valence-corrected chi connectivity index (χ3v) is 7.94. The molecule has 3 aromatic rings. The van der Waals surface area contributed by atoms with E-state index in [-0.39, 0.29) is 16.8 Å². The van der Waals surface area contributed by atoms with Crippen LogP contribution in [0.2, 0.25) is 0 Å². The minimum Gasteiger partial charge on any atom is -0.456 e. The van der Waals surface area contributed by atoms with Crippen LogP contribution in [-0.2, 0) is 21.2 Å². The summed E-state index contributed by atoms with van der Waals surface area (Å²) in [5, 5.41) is 0. The molecule has 0 aromatic heterocycles. The summed E-state index contributed by atoms with van der Waals surface area (Å²) in [7, 11) is 0. The van der Waals surface area contributed by atoms with Crippen LogP contribution < -0.4 is 9.64 Å². The fourth-order valence-corrected chi connectivity index (χ4v) is 6.01. The van der Waals surface area contributed by atoms with Crippen LogP contribution >= 0.6 is 0 Å². The molecule has 3 aliphatic heterocycles. The van der Waals surface area contributed by atoms with Crippen LogP contribution in [0.1, 0.15) is 92.6 Å².